The summed E-state index contributed by atoms with van der Waals surface area (Å²) in [5.74, 6) is -0.457. The maximum Gasteiger partial charge on any atom is 0.277 e. The first kappa shape index (κ1) is 25.1. The SMILES string of the molecule is CCCCCc1nc(O)c(S(=O)(=O)c2ccc(Br)cc2)c(=O)n1[C@@H](COC)c1ccccc1. The van der Waals surface area contributed by atoms with Gasteiger partial charge in [0.1, 0.15) is 5.82 Å². The topological polar surface area (TPSA) is 98.5 Å². The van der Waals surface area contributed by atoms with Gasteiger partial charge < -0.3 is 9.84 Å². The predicted octanol–water partition coefficient (Wildman–Crippen LogP) is 4.51. The molecule has 0 saturated carbocycles. The Kier molecular flexibility index (Phi) is 8.45. The van der Waals surface area contributed by atoms with E-state index in [0.29, 0.717) is 16.7 Å². The fourth-order valence-electron chi connectivity index (χ4n) is 3.70. The van der Waals surface area contributed by atoms with Crippen molar-refractivity contribution in [3.8, 4) is 5.88 Å². The van der Waals surface area contributed by atoms with Gasteiger partial charge in [-0.2, -0.15) is 4.98 Å². The standard InChI is InChI=1S/C24H27BrN2O5S/c1-3-4-6-11-21-26-23(28)22(33(30,31)19-14-12-18(25)13-15-19)24(29)27(21)20(16-32-2)17-9-7-5-8-10-17/h5,7-10,12-15,20,28H,3-4,6,11,16H2,1-2H3/t20-/m0/s1. The highest BCUT2D eigenvalue weighted by molar-refractivity contribution is 9.10. The highest BCUT2D eigenvalue weighted by Gasteiger charge is 2.31. The molecule has 0 bridgehead atoms. The maximum absolute atomic E-state index is 13.7. The molecule has 0 radical (unpaired) electrons. The van der Waals surface area contributed by atoms with Crippen LogP contribution >= 0.6 is 15.9 Å². The molecule has 3 aromatic rings. The lowest BCUT2D eigenvalue weighted by molar-refractivity contribution is 0.165. The van der Waals surface area contributed by atoms with Crippen molar-refractivity contribution in [3.05, 3.63) is 80.8 Å². The van der Waals surface area contributed by atoms with Crippen LogP contribution in [0.4, 0.5) is 0 Å². The van der Waals surface area contributed by atoms with Crippen LogP contribution in [0.2, 0.25) is 0 Å². The molecule has 1 N–H and O–H groups in total. The van der Waals surface area contributed by atoms with Crippen LogP contribution in [0, 0.1) is 0 Å². The van der Waals surface area contributed by atoms with Gasteiger partial charge in [0.25, 0.3) is 5.56 Å². The first-order valence-electron chi connectivity index (χ1n) is 10.7. The number of nitrogens with zero attached hydrogens (tertiary/aromatic N) is 2. The van der Waals surface area contributed by atoms with Crippen molar-refractivity contribution in [2.75, 3.05) is 13.7 Å². The van der Waals surface area contributed by atoms with Crippen molar-refractivity contribution in [1.82, 2.24) is 9.55 Å². The third-order valence-corrected chi connectivity index (χ3v) is 7.66. The first-order valence-corrected chi connectivity index (χ1v) is 13.0. The zero-order valence-electron chi connectivity index (χ0n) is 18.6. The average Bonchev–Trinajstić information content (AvgIpc) is 2.79. The second-order valence-corrected chi connectivity index (χ2v) is 10.5. The molecule has 3 rings (SSSR count). The number of benzene rings is 2. The number of aromatic nitrogens is 2. The Hall–Kier alpha value is -2.49. The first-order chi connectivity index (χ1) is 15.8. The molecule has 1 heterocycles. The number of methoxy groups -OCH3 is 1. The summed E-state index contributed by atoms with van der Waals surface area (Å²) in [7, 11) is -2.80. The lowest BCUT2D eigenvalue weighted by Crippen LogP contribution is -2.35. The Morgan fingerprint density at radius 3 is 2.36 bits per heavy atom. The van der Waals surface area contributed by atoms with Crippen LogP contribution < -0.4 is 5.56 Å². The molecule has 1 aromatic heterocycles. The second kappa shape index (κ2) is 11.1. The van der Waals surface area contributed by atoms with E-state index in [0.717, 1.165) is 24.8 Å². The summed E-state index contributed by atoms with van der Waals surface area (Å²) in [5.41, 5.74) is -0.0412. The van der Waals surface area contributed by atoms with Gasteiger partial charge in [0.05, 0.1) is 17.5 Å². The van der Waals surface area contributed by atoms with Gasteiger partial charge in [0.15, 0.2) is 4.90 Å². The molecule has 0 amide bonds. The summed E-state index contributed by atoms with van der Waals surface area (Å²) in [6.07, 6.45) is 3.04. The molecule has 0 unspecified atom stereocenters. The minimum atomic E-state index is -4.32. The molecule has 1 atom stereocenters. The highest BCUT2D eigenvalue weighted by Crippen LogP contribution is 2.28. The summed E-state index contributed by atoms with van der Waals surface area (Å²) in [6.45, 7) is 2.19. The third-order valence-electron chi connectivity index (χ3n) is 5.35. The lowest BCUT2D eigenvalue weighted by atomic mass is 10.1. The van der Waals surface area contributed by atoms with Crippen LogP contribution in [0.3, 0.4) is 0 Å². The van der Waals surface area contributed by atoms with Crippen molar-refractivity contribution in [2.24, 2.45) is 0 Å². The number of ether oxygens (including phenoxy) is 1. The molecule has 0 spiro atoms. The summed E-state index contributed by atoms with van der Waals surface area (Å²) < 4.78 is 34.2. The van der Waals surface area contributed by atoms with E-state index in [1.165, 1.54) is 23.8 Å². The van der Waals surface area contributed by atoms with Crippen LogP contribution in [-0.2, 0) is 21.0 Å². The molecular weight excluding hydrogens is 508 g/mol. The van der Waals surface area contributed by atoms with Crippen LogP contribution in [0.25, 0.3) is 0 Å². The zero-order valence-corrected chi connectivity index (χ0v) is 21.0. The van der Waals surface area contributed by atoms with Gasteiger partial charge >= 0.3 is 0 Å². The number of hydrogen-bond acceptors (Lipinski definition) is 6. The van der Waals surface area contributed by atoms with E-state index in [9.17, 15) is 18.3 Å². The van der Waals surface area contributed by atoms with Crippen LogP contribution in [-0.4, -0.2) is 36.8 Å². The third kappa shape index (κ3) is 5.54. The van der Waals surface area contributed by atoms with Crippen molar-refractivity contribution >= 4 is 25.8 Å². The number of unbranched alkanes of at least 4 members (excludes halogenated alkanes) is 2. The number of aromatic hydroxyl groups is 1. The van der Waals surface area contributed by atoms with Gasteiger partial charge in [0, 0.05) is 18.0 Å². The van der Waals surface area contributed by atoms with Gasteiger partial charge in [-0.15, -0.1) is 0 Å². The molecule has 0 aliphatic rings. The van der Waals surface area contributed by atoms with E-state index in [4.69, 9.17) is 4.74 Å². The average molecular weight is 535 g/mol. The van der Waals surface area contributed by atoms with Gasteiger partial charge in [-0.1, -0.05) is 66.0 Å². The molecule has 9 heteroatoms. The van der Waals surface area contributed by atoms with E-state index < -0.39 is 32.2 Å². The summed E-state index contributed by atoms with van der Waals surface area (Å²) in [4.78, 5) is 17.1. The van der Waals surface area contributed by atoms with Crippen molar-refractivity contribution in [3.63, 3.8) is 0 Å². The number of sulfone groups is 1. The molecule has 0 saturated heterocycles. The molecule has 0 aliphatic carbocycles. The predicted molar refractivity (Wildman–Crippen MR) is 129 cm³/mol. The number of hydrogen-bond donors (Lipinski definition) is 1. The number of rotatable bonds is 10. The molecule has 2 aromatic carbocycles. The Morgan fingerprint density at radius 2 is 1.76 bits per heavy atom. The molecule has 33 heavy (non-hydrogen) atoms. The van der Waals surface area contributed by atoms with E-state index in [1.54, 1.807) is 12.1 Å². The molecule has 0 aliphatic heterocycles. The molecule has 176 valence electrons. The van der Waals surface area contributed by atoms with Gasteiger partial charge in [0.2, 0.25) is 15.7 Å². The van der Waals surface area contributed by atoms with E-state index in [1.807, 2.05) is 30.3 Å². The van der Waals surface area contributed by atoms with Gasteiger partial charge in [-0.3, -0.25) is 9.36 Å². The second-order valence-electron chi connectivity index (χ2n) is 7.65. The Balaban J connectivity index is 2.27. The molecule has 7 nitrogen and oxygen atoms in total. The Bertz CT molecular complexity index is 1240. The summed E-state index contributed by atoms with van der Waals surface area (Å²) >= 11 is 3.27. The van der Waals surface area contributed by atoms with E-state index in [-0.39, 0.29) is 11.5 Å². The summed E-state index contributed by atoms with van der Waals surface area (Å²) in [5, 5.41) is 10.6. The van der Waals surface area contributed by atoms with E-state index >= 15 is 0 Å². The molecule has 0 fully saturated rings. The summed E-state index contributed by atoms with van der Waals surface area (Å²) in [6, 6.07) is 14.5. The Labute approximate surface area is 202 Å². The normalized spacial score (nSPS) is 12.6. The fraction of sp³-hybridized carbons (Fsp3) is 0.333. The van der Waals surface area contributed by atoms with E-state index in [2.05, 4.69) is 27.8 Å². The van der Waals surface area contributed by atoms with Crippen molar-refractivity contribution in [1.29, 1.82) is 0 Å². The monoisotopic (exact) mass is 534 g/mol. The zero-order chi connectivity index (χ0) is 24.0. The van der Waals surface area contributed by atoms with Crippen LogP contribution in [0.1, 0.15) is 43.6 Å². The molecular formula is C24H27BrN2O5S. The maximum atomic E-state index is 13.7. The van der Waals surface area contributed by atoms with Gasteiger partial charge in [-0.05, 0) is 36.2 Å². The highest BCUT2D eigenvalue weighted by atomic mass is 79.9. The van der Waals surface area contributed by atoms with Crippen molar-refractivity contribution in [2.45, 2.75) is 48.4 Å². The minimum absolute atomic E-state index is 0.104. The quantitative estimate of drug-likeness (QED) is 0.384. The van der Waals surface area contributed by atoms with Crippen molar-refractivity contribution < 1.29 is 18.3 Å². The smallest absolute Gasteiger partial charge is 0.277 e. The minimum Gasteiger partial charge on any atom is -0.492 e. The number of aryl methyl sites for hydroxylation is 1. The van der Waals surface area contributed by atoms with Gasteiger partial charge in [-0.25, -0.2) is 8.42 Å². The largest absolute Gasteiger partial charge is 0.492 e. The fourth-order valence-corrected chi connectivity index (χ4v) is 5.31. The lowest BCUT2D eigenvalue weighted by Gasteiger charge is -2.24. The van der Waals surface area contributed by atoms with Crippen LogP contribution in [0.5, 0.6) is 5.88 Å². The Morgan fingerprint density at radius 1 is 1.09 bits per heavy atom. The number of halogens is 1. The van der Waals surface area contributed by atoms with Crippen LogP contribution in [0.15, 0.2) is 73.7 Å².